The second-order valence-corrected chi connectivity index (χ2v) is 9.17. The second-order valence-electron chi connectivity index (χ2n) is 7.46. The largest absolute Gasteiger partial charge is 0.495 e. The number of halogens is 1. The summed E-state index contributed by atoms with van der Waals surface area (Å²) in [6.45, 7) is 5.16. The molecule has 9 heteroatoms. The first-order valence-electron chi connectivity index (χ1n) is 9.81. The third-order valence-corrected chi connectivity index (χ3v) is 6.82. The number of hydrogen-bond acceptors (Lipinski definition) is 7. The number of aromatic nitrogens is 2. The van der Waals surface area contributed by atoms with E-state index in [2.05, 4.69) is 15.0 Å². The fourth-order valence-electron chi connectivity index (χ4n) is 3.79. The average molecular weight is 457 g/mol. The van der Waals surface area contributed by atoms with Crippen molar-refractivity contribution in [3.05, 3.63) is 69.1 Å². The predicted octanol–water partition coefficient (Wildman–Crippen LogP) is 4.79. The summed E-state index contributed by atoms with van der Waals surface area (Å²) in [5.74, 6) is 2.07. The van der Waals surface area contributed by atoms with Crippen molar-refractivity contribution < 1.29 is 14.3 Å². The maximum atomic E-state index is 6.15. The van der Waals surface area contributed by atoms with E-state index in [0.29, 0.717) is 24.7 Å². The van der Waals surface area contributed by atoms with E-state index in [9.17, 15) is 0 Å². The molecule has 0 radical (unpaired) electrons. The Hall–Kier alpha value is -2.97. The third-order valence-electron chi connectivity index (χ3n) is 5.40. The molecule has 0 amide bonds. The van der Waals surface area contributed by atoms with Crippen molar-refractivity contribution in [3.8, 4) is 11.4 Å². The van der Waals surface area contributed by atoms with Gasteiger partial charge >= 0.3 is 0 Å². The first-order valence-corrected chi connectivity index (χ1v) is 11.0. The molecule has 2 aromatic heterocycles. The van der Waals surface area contributed by atoms with Crippen molar-refractivity contribution >= 4 is 34.8 Å². The van der Waals surface area contributed by atoms with Gasteiger partial charge < -0.3 is 23.8 Å². The summed E-state index contributed by atoms with van der Waals surface area (Å²) in [5, 5.41) is 4.35. The summed E-state index contributed by atoms with van der Waals surface area (Å²) < 4.78 is 14.2. The quantitative estimate of drug-likeness (QED) is 0.564. The molecule has 7 nitrogen and oxygen atoms in total. The number of oxime groups is 1. The lowest BCUT2D eigenvalue weighted by molar-refractivity contribution is -0.0940. The van der Waals surface area contributed by atoms with E-state index in [-0.39, 0.29) is 0 Å². The predicted molar refractivity (Wildman–Crippen MR) is 121 cm³/mol. The number of imidazole rings is 1. The number of morpholine rings is 1. The Kier molecular flexibility index (Phi) is 4.91. The van der Waals surface area contributed by atoms with Crippen LogP contribution in [0.3, 0.4) is 0 Å². The Morgan fingerprint density at radius 2 is 2.16 bits per heavy atom. The SMILES string of the molecule is COc1cc(/C=C2/OCCN3C2=NOC3(C)c2ccc(Cl)s2)ccc1-n1cnc(C)c1. The van der Waals surface area contributed by atoms with E-state index in [1.807, 2.05) is 61.0 Å². The molecule has 1 fully saturated rings. The van der Waals surface area contributed by atoms with E-state index in [4.69, 9.17) is 25.9 Å². The first kappa shape index (κ1) is 20.0. The van der Waals surface area contributed by atoms with Gasteiger partial charge in [-0.3, -0.25) is 0 Å². The summed E-state index contributed by atoms with van der Waals surface area (Å²) in [7, 11) is 1.66. The van der Waals surface area contributed by atoms with Crippen molar-refractivity contribution in [1.29, 1.82) is 0 Å². The average Bonchev–Trinajstić information content (AvgIpc) is 3.48. The van der Waals surface area contributed by atoms with Crippen LogP contribution in [0, 0.1) is 6.92 Å². The van der Waals surface area contributed by atoms with E-state index >= 15 is 0 Å². The molecule has 4 heterocycles. The molecular weight excluding hydrogens is 436 g/mol. The summed E-state index contributed by atoms with van der Waals surface area (Å²) in [4.78, 5) is 13.3. The van der Waals surface area contributed by atoms with Crippen LogP contribution in [-0.4, -0.2) is 40.5 Å². The summed E-state index contributed by atoms with van der Waals surface area (Å²) in [6, 6.07) is 9.83. The lowest BCUT2D eigenvalue weighted by Gasteiger charge is -2.36. The minimum absolute atomic E-state index is 0.534. The second kappa shape index (κ2) is 7.62. The molecule has 1 saturated heterocycles. The first-order chi connectivity index (χ1) is 15.0. The van der Waals surface area contributed by atoms with Crippen molar-refractivity contribution in [1.82, 2.24) is 14.5 Å². The number of methoxy groups -OCH3 is 1. The minimum Gasteiger partial charge on any atom is -0.495 e. The van der Waals surface area contributed by atoms with Crippen LogP contribution in [0.1, 0.15) is 23.1 Å². The summed E-state index contributed by atoms with van der Waals surface area (Å²) >= 11 is 7.64. The molecule has 0 bridgehead atoms. The molecular formula is C22H21ClN4O3S. The molecule has 1 atom stereocenters. The highest BCUT2D eigenvalue weighted by molar-refractivity contribution is 7.16. The number of thiophene rings is 1. The molecule has 5 rings (SSSR count). The van der Waals surface area contributed by atoms with Gasteiger partial charge in [0.25, 0.3) is 0 Å². The van der Waals surface area contributed by atoms with Crippen LogP contribution in [0.25, 0.3) is 11.8 Å². The molecule has 1 aromatic carbocycles. The van der Waals surface area contributed by atoms with Gasteiger partial charge in [0, 0.05) is 13.1 Å². The van der Waals surface area contributed by atoms with Crippen molar-refractivity contribution in [2.24, 2.45) is 5.16 Å². The number of fused-ring (bicyclic) bond motifs is 1. The molecule has 0 N–H and O–H groups in total. The molecule has 2 aliphatic rings. The van der Waals surface area contributed by atoms with E-state index in [1.54, 1.807) is 13.4 Å². The molecule has 0 aliphatic carbocycles. The number of benzene rings is 1. The molecule has 2 aliphatic heterocycles. The van der Waals surface area contributed by atoms with Gasteiger partial charge in [-0.2, -0.15) is 0 Å². The fourth-order valence-corrected chi connectivity index (χ4v) is 4.92. The van der Waals surface area contributed by atoms with Gasteiger partial charge in [0.05, 0.1) is 40.6 Å². The van der Waals surface area contributed by atoms with Crippen LogP contribution in [0.4, 0.5) is 0 Å². The van der Waals surface area contributed by atoms with Gasteiger partial charge in [0.1, 0.15) is 12.4 Å². The number of nitrogens with zero attached hydrogens (tertiary/aromatic N) is 4. The van der Waals surface area contributed by atoms with Crippen LogP contribution >= 0.6 is 22.9 Å². The van der Waals surface area contributed by atoms with Gasteiger partial charge in [0.15, 0.2) is 5.76 Å². The molecule has 31 heavy (non-hydrogen) atoms. The van der Waals surface area contributed by atoms with Crippen molar-refractivity contribution in [2.75, 3.05) is 20.3 Å². The highest BCUT2D eigenvalue weighted by Crippen LogP contribution is 2.42. The standard InChI is InChI=1S/C22H21ClN4O3S/c1-14-12-26(13-24-14)16-5-4-15(10-17(16)28-3)11-18-21-25-30-22(2,27(21)8-9-29-18)19-6-7-20(23)31-19/h4-7,10-13H,8-9H2,1-3H3/b18-11+. The zero-order chi connectivity index (χ0) is 21.6. The minimum atomic E-state index is -0.698. The Labute approximate surface area is 189 Å². The highest BCUT2D eigenvalue weighted by atomic mass is 35.5. The normalized spacial score (nSPS) is 21.5. The maximum absolute atomic E-state index is 6.15. The van der Waals surface area contributed by atoms with Crippen LogP contribution < -0.4 is 4.74 Å². The Morgan fingerprint density at radius 1 is 1.29 bits per heavy atom. The lowest BCUT2D eigenvalue weighted by atomic mass is 10.1. The Balaban J connectivity index is 1.46. The summed E-state index contributed by atoms with van der Waals surface area (Å²) in [5.41, 5.74) is 2.10. The smallest absolute Gasteiger partial charge is 0.243 e. The number of amidine groups is 1. The highest BCUT2D eigenvalue weighted by Gasteiger charge is 2.47. The Bertz CT molecular complexity index is 1200. The summed E-state index contributed by atoms with van der Waals surface area (Å²) in [6.07, 6.45) is 5.68. The zero-order valence-corrected chi connectivity index (χ0v) is 18.9. The zero-order valence-electron chi connectivity index (χ0n) is 17.3. The number of ether oxygens (including phenoxy) is 2. The molecule has 1 unspecified atom stereocenters. The topological polar surface area (TPSA) is 61.1 Å². The monoisotopic (exact) mass is 456 g/mol. The molecule has 0 saturated carbocycles. The molecule has 3 aromatic rings. The van der Waals surface area contributed by atoms with Gasteiger partial charge in [0.2, 0.25) is 11.6 Å². The molecule has 160 valence electrons. The lowest BCUT2D eigenvalue weighted by Crippen LogP contribution is -2.48. The maximum Gasteiger partial charge on any atom is 0.243 e. The third kappa shape index (κ3) is 3.45. The van der Waals surface area contributed by atoms with Gasteiger partial charge in [-0.15, -0.1) is 11.3 Å². The van der Waals surface area contributed by atoms with Gasteiger partial charge in [-0.1, -0.05) is 22.8 Å². The fraction of sp³-hybridized carbons (Fsp3) is 0.273. The number of hydrogen-bond donors (Lipinski definition) is 0. The van der Waals surface area contributed by atoms with Crippen LogP contribution in [-0.2, 0) is 15.3 Å². The molecule has 0 spiro atoms. The van der Waals surface area contributed by atoms with Gasteiger partial charge in [-0.25, -0.2) is 4.98 Å². The van der Waals surface area contributed by atoms with Crippen LogP contribution in [0.15, 0.2) is 53.8 Å². The van der Waals surface area contributed by atoms with Gasteiger partial charge in [-0.05, 0) is 42.8 Å². The number of aryl methyl sites for hydroxylation is 1. The van der Waals surface area contributed by atoms with E-state index in [0.717, 1.165) is 31.9 Å². The van der Waals surface area contributed by atoms with Crippen molar-refractivity contribution in [2.45, 2.75) is 19.6 Å². The Morgan fingerprint density at radius 3 is 2.87 bits per heavy atom. The number of rotatable bonds is 4. The van der Waals surface area contributed by atoms with Crippen molar-refractivity contribution in [3.63, 3.8) is 0 Å². The van der Waals surface area contributed by atoms with E-state index in [1.165, 1.54) is 11.3 Å². The van der Waals surface area contributed by atoms with Crippen LogP contribution in [0.5, 0.6) is 5.75 Å². The van der Waals surface area contributed by atoms with Crippen LogP contribution in [0.2, 0.25) is 4.34 Å². The van der Waals surface area contributed by atoms with E-state index < -0.39 is 5.72 Å².